The molecule has 16 heteroatoms. The van der Waals surface area contributed by atoms with E-state index in [2.05, 4.69) is 19.4 Å². The van der Waals surface area contributed by atoms with Gasteiger partial charge in [-0.3, -0.25) is 0 Å². The summed E-state index contributed by atoms with van der Waals surface area (Å²) < 4.78 is 44.6. The molecule has 0 radical (unpaired) electrons. The van der Waals surface area contributed by atoms with Crippen molar-refractivity contribution in [1.29, 1.82) is 0 Å². The predicted molar refractivity (Wildman–Crippen MR) is 96.3 cm³/mol. The molecule has 0 unspecified atom stereocenters. The topological polar surface area (TPSA) is 122 Å². The van der Waals surface area contributed by atoms with Gasteiger partial charge in [0.1, 0.15) is 0 Å². The minimum absolute atomic E-state index is 1.48. The van der Waals surface area contributed by atoms with E-state index in [1.807, 2.05) is 0 Å². The molecule has 0 aromatic carbocycles. The Labute approximate surface area is 145 Å². The quantitative estimate of drug-likeness (QED) is 0.421. The molecule has 0 aromatic rings. The number of hydrogen-bond donors (Lipinski definition) is 4. The van der Waals surface area contributed by atoms with Crippen molar-refractivity contribution in [1.82, 2.24) is 19.4 Å². The molecule has 4 N–H and O–H groups in total. The molecule has 0 amide bonds. The lowest BCUT2D eigenvalue weighted by Gasteiger charge is -2.31. The highest BCUT2D eigenvalue weighted by atomic mass is 31.3. The van der Waals surface area contributed by atoms with Crippen LogP contribution in [0.15, 0.2) is 0 Å². The molecule has 1 heterocycles. The highest BCUT2D eigenvalue weighted by Crippen LogP contribution is 2.81. The van der Waals surface area contributed by atoms with Crippen molar-refractivity contribution in [2.45, 2.75) is 0 Å². The largest absolute Gasteiger partial charge is 0.509 e. The average molecular weight is 432 g/mol. The minimum atomic E-state index is -2.93. The summed E-state index contributed by atoms with van der Waals surface area (Å²) in [5.41, 5.74) is 0. The molecular formula is C8H28N4O8P4+4. The SMILES string of the molecule is CO[P+]1(OC)N[P+](OC)(OC)N[P+](OC)(OC)N[P+](OC)(OC)N1. The van der Waals surface area contributed by atoms with Crippen molar-refractivity contribution < 1.29 is 36.2 Å². The lowest BCUT2D eigenvalue weighted by Crippen LogP contribution is -2.45. The molecule has 0 spiro atoms. The summed E-state index contributed by atoms with van der Waals surface area (Å²) in [6, 6.07) is 0. The van der Waals surface area contributed by atoms with Crippen molar-refractivity contribution in [3.63, 3.8) is 0 Å². The van der Waals surface area contributed by atoms with Crippen LogP contribution in [0.2, 0.25) is 0 Å². The second-order valence-corrected chi connectivity index (χ2v) is 14.6. The number of hydrogen-bond acceptors (Lipinski definition) is 12. The van der Waals surface area contributed by atoms with Crippen LogP contribution < -0.4 is 19.4 Å². The first kappa shape index (κ1) is 23.3. The Balaban J connectivity index is 3.45. The fourth-order valence-electron chi connectivity index (χ4n) is 1.73. The van der Waals surface area contributed by atoms with Gasteiger partial charge in [-0.1, -0.05) is 0 Å². The summed E-state index contributed by atoms with van der Waals surface area (Å²) in [5.74, 6) is 0. The fraction of sp³-hybridized carbons (Fsp3) is 1.00. The molecule has 1 fully saturated rings. The van der Waals surface area contributed by atoms with Gasteiger partial charge in [0, 0.05) is 0 Å². The van der Waals surface area contributed by atoms with E-state index in [1.54, 1.807) is 0 Å². The van der Waals surface area contributed by atoms with Gasteiger partial charge in [0.2, 0.25) is 0 Å². The van der Waals surface area contributed by atoms with Crippen LogP contribution in [0.25, 0.3) is 0 Å². The standard InChI is InChI=1S/C8H28N4O8P4/c1-13-21(14-2)9-22(15-3,16-4)11-24(19-7,20-8)12-23(10-21,17-5)18-6/h9-12H,1-8H3/q+4. The maximum atomic E-state index is 5.57. The van der Waals surface area contributed by atoms with E-state index in [9.17, 15) is 0 Å². The molecule has 0 aromatic heterocycles. The molecule has 0 saturated carbocycles. The third-order valence-corrected chi connectivity index (χ3v) is 15.6. The van der Waals surface area contributed by atoms with E-state index < -0.39 is 32.1 Å². The monoisotopic (exact) mass is 432 g/mol. The predicted octanol–water partition coefficient (Wildman–Crippen LogP) is 2.24. The maximum Gasteiger partial charge on any atom is 0.509 e. The van der Waals surface area contributed by atoms with Crippen molar-refractivity contribution in [2.75, 3.05) is 56.9 Å². The van der Waals surface area contributed by atoms with Gasteiger partial charge in [-0.15, -0.1) is 0 Å². The molecule has 144 valence electrons. The molecule has 12 nitrogen and oxygen atoms in total. The molecule has 1 rings (SSSR count). The van der Waals surface area contributed by atoms with E-state index in [4.69, 9.17) is 36.2 Å². The first-order valence-corrected chi connectivity index (χ1v) is 13.0. The van der Waals surface area contributed by atoms with Gasteiger partial charge < -0.3 is 0 Å². The summed E-state index contributed by atoms with van der Waals surface area (Å²) in [7, 11) is 0.123. The first-order valence-electron chi connectivity index (χ1n) is 6.52. The Morgan fingerprint density at radius 3 is 0.542 bits per heavy atom. The third-order valence-electron chi connectivity index (χ3n) is 3.11. The first-order chi connectivity index (χ1) is 11.3. The Kier molecular flexibility index (Phi) is 9.16. The average Bonchev–Trinajstić information content (AvgIpc) is 2.63. The zero-order chi connectivity index (χ0) is 18.5. The highest BCUT2D eigenvalue weighted by molar-refractivity contribution is 7.92. The number of rotatable bonds is 8. The molecule has 0 aliphatic carbocycles. The lowest BCUT2D eigenvalue weighted by atomic mass is 11.8. The molecule has 1 aliphatic heterocycles. The molecule has 0 atom stereocenters. The van der Waals surface area contributed by atoms with Crippen LogP contribution >= 0.6 is 32.1 Å². The smallest absolute Gasteiger partial charge is 0.171 e. The summed E-state index contributed by atoms with van der Waals surface area (Å²) in [4.78, 5) is 12.5. The van der Waals surface area contributed by atoms with Crippen molar-refractivity contribution in [3.8, 4) is 0 Å². The van der Waals surface area contributed by atoms with Gasteiger partial charge in [0.05, 0.1) is 76.3 Å². The summed E-state index contributed by atoms with van der Waals surface area (Å²) >= 11 is 0. The van der Waals surface area contributed by atoms with E-state index in [0.29, 0.717) is 0 Å². The zero-order valence-corrected chi connectivity index (χ0v) is 18.6. The van der Waals surface area contributed by atoms with Crippen molar-refractivity contribution in [2.24, 2.45) is 0 Å². The normalized spacial score (nSPS) is 25.0. The van der Waals surface area contributed by atoms with Crippen LogP contribution in [0.1, 0.15) is 0 Å². The molecule has 24 heavy (non-hydrogen) atoms. The molecule has 0 bridgehead atoms. The maximum absolute atomic E-state index is 5.57. The van der Waals surface area contributed by atoms with Gasteiger partial charge in [0.25, 0.3) is 0 Å². The van der Waals surface area contributed by atoms with E-state index >= 15 is 0 Å². The van der Waals surface area contributed by atoms with Crippen LogP contribution in [0.4, 0.5) is 0 Å². The van der Waals surface area contributed by atoms with Gasteiger partial charge >= 0.3 is 32.1 Å². The Bertz CT molecular complexity index is 306. The van der Waals surface area contributed by atoms with Gasteiger partial charge in [-0.2, -0.15) is 36.2 Å². The molecule has 1 aliphatic rings. The highest BCUT2D eigenvalue weighted by Gasteiger charge is 2.79. The van der Waals surface area contributed by atoms with Crippen LogP contribution in [-0.2, 0) is 36.2 Å². The van der Waals surface area contributed by atoms with E-state index in [-0.39, 0.29) is 0 Å². The summed E-state index contributed by atoms with van der Waals surface area (Å²) in [6.45, 7) is 0. The van der Waals surface area contributed by atoms with Crippen LogP contribution in [-0.4, -0.2) is 56.9 Å². The number of nitrogens with one attached hydrogen (secondary N) is 4. The lowest BCUT2D eigenvalue weighted by molar-refractivity contribution is 0.253. The fourth-order valence-corrected chi connectivity index (χ4v) is 15.4. The van der Waals surface area contributed by atoms with E-state index in [0.717, 1.165) is 0 Å². The van der Waals surface area contributed by atoms with Crippen LogP contribution in [0, 0.1) is 0 Å². The summed E-state index contributed by atoms with van der Waals surface area (Å²) in [5, 5.41) is 0. The van der Waals surface area contributed by atoms with Crippen LogP contribution in [0.5, 0.6) is 0 Å². The van der Waals surface area contributed by atoms with Gasteiger partial charge in [0.15, 0.2) is 0 Å². The van der Waals surface area contributed by atoms with Crippen LogP contribution in [0.3, 0.4) is 0 Å². The second-order valence-electron chi connectivity index (χ2n) is 4.07. The second kappa shape index (κ2) is 9.44. The Morgan fingerprint density at radius 2 is 0.458 bits per heavy atom. The van der Waals surface area contributed by atoms with Gasteiger partial charge in [-0.05, 0) is 0 Å². The van der Waals surface area contributed by atoms with Crippen molar-refractivity contribution >= 4 is 32.1 Å². The Hall–Kier alpha value is 1.24. The van der Waals surface area contributed by atoms with E-state index in [1.165, 1.54) is 56.9 Å². The minimum Gasteiger partial charge on any atom is -0.171 e. The molecule has 1 saturated heterocycles. The third kappa shape index (κ3) is 4.74. The summed E-state index contributed by atoms with van der Waals surface area (Å²) in [6.07, 6.45) is 0. The Morgan fingerprint density at radius 1 is 0.333 bits per heavy atom. The zero-order valence-electron chi connectivity index (χ0n) is 15.1. The van der Waals surface area contributed by atoms with Crippen molar-refractivity contribution in [3.05, 3.63) is 0 Å². The molecular weight excluding hydrogens is 404 g/mol. The van der Waals surface area contributed by atoms with Gasteiger partial charge in [-0.25, -0.2) is 0 Å².